The lowest BCUT2D eigenvalue weighted by molar-refractivity contribution is 0.154. The standard InChI is InChI=1S/C18H22ClN3/c1-21-17(19)11-20-18(21)12-22(14-9-10-14)16-8-4-6-13-5-2-3-7-15(13)16/h2-3,5,7,11,14,16H,4,6,8-10,12H2,1H3/t16-/m1/s1. The largest absolute Gasteiger partial charge is 0.321 e. The molecule has 4 rings (SSSR count). The third kappa shape index (κ3) is 2.57. The number of nitrogens with zero attached hydrogens (tertiary/aromatic N) is 3. The summed E-state index contributed by atoms with van der Waals surface area (Å²) in [6.07, 6.45) is 8.15. The number of aromatic nitrogens is 2. The van der Waals surface area contributed by atoms with Crippen molar-refractivity contribution in [2.24, 2.45) is 7.05 Å². The molecular formula is C18H22ClN3. The molecule has 1 atom stereocenters. The van der Waals surface area contributed by atoms with Gasteiger partial charge in [-0.25, -0.2) is 4.98 Å². The number of rotatable bonds is 4. The van der Waals surface area contributed by atoms with Crippen molar-refractivity contribution in [1.82, 2.24) is 14.5 Å². The molecule has 0 unspecified atom stereocenters. The predicted molar refractivity (Wildman–Crippen MR) is 88.9 cm³/mol. The summed E-state index contributed by atoms with van der Waals surface area (Å²) in [6, 6.07) is 10.2. The van der Waals surface area contributed by atoms with Crippen molar-refractivity contribution in [1.29, 1.82) is 0 Å². The summed E-state index contributed by atoms with van der Waals surface area (Å²) in [4.78, 5) is 7.17. The molecule has 2 aliphatic rings. The third-order valence-corrected chi connectivity index (χ3v) is 5.46. The van der Waals surface area contributed by atoms with Crippen molar-refractivity contribution in [2.45, 2.75) is 50.7 Å². The fourth-order valence-electron chi connectivity index (χ4n) is 3.71. The zero-order chi connectivity index (χ0) is 15.1. The summed E-state index contributed by atoms with van der Waals surface area (Å²) in [7, 11) is 2.00. The lowest BCUT2D eigenvalue weighted by Gasteiger charge is -2.36. The Balaban J connectivity index is 1.65. The molecule has 0 bridgehead atoms. The van der Waals surface area contributed by atoms with Crippen LogP contribution in [-0.2, 0) is 20.0 Å². The number of aryl methyl sites for hydroxylation is 1. The van der Waals surface area contributed by atoms with E-state index in [1.165, 1.54) is 43.2 Å². The smallest absolute Gasteiger partial charge is 0.128 e. The number of halogens is 1. The van der Waals surface area contributed by atoms with Gasteiger partial charge in [-0.15, -0.1) is 0 Å². The maximum absolute atomic E-state index is 6.16. The van der Waals surface area contributed by atoms with Gasteiger partial charge in [0.1, 0.15) is 11.0 Å². The van der Waals surface area contributed by atoms with E-state index in [0.717, 1.165) is 17.5 Å². The van der Waals surface area contributed by atoms with Gasteiger partial charge >= 0.3 is 0 Å². The minimum absolute atomic E-state index is 0.535. The van der Waals surface area contributed by atoms with Gasteiger partial charge in [-0.05, 0) is 43.2 Å². The normalized spacial score (nSPS) is 21.1. The van der Waals surface area contributed by atoms with Crippen LogP contribution in [0.4, 0.5) is 0 Å². The molecule has 116 valence electrons. The summed E-state index contributed by atoms with van der Waals surface area (Å²) in [6.45, 7) is 0.896. The summed E-state index contributed by atoms with van der Waals surface area (Å²) >= 11 is 6.16. The molecule has 1 fully saturated rings. The Kier molecular flexibility index (Phi) is 3.71. The Hall–Kier alpha value is -1.32. The fraction of sp³-hybridized carbons (Fsp3) is 0.500. The van der Waals surface area contributed by atoms with E-state index in [0.29, 0.717) is 12.1 Å². The van der Waals surface area contributed by atoms with Gasteiger partial charge in [0, 0.05) is 19.1 Å². The zero-order valence-corrected chi connectivity index (χ0v) is 13.8. The minimum Gasteiger partial charge on any atom is -0.321 e. The van der Waals surface area contributed by atoms with Crippen LogP contribution >= 0.6 is 11.6 Å². The van der Waals surface area contributed by atoms with Crippen molar-refractivity contribution in [2.75, 3.05) is 0 Å². The maximum Gasteiger partial charge on any atom is 0.128 e. The van der Waals surface area contributed by atoms with E-state index in [1.54, 1.807) is 6.20 Å². The summed E-state index contributed by atoms with van der Waals surface area (Å²) in [5.41, 5.74) is 3.06. The van der Waals surface area contributed by atoms with Crippen LogP contribution in [0, 0.1) is 0 Å². The van der Waals surface area contributed by atoms with Gasteiger partial charge in [-0.3, -0.25) is 4.90 Å². The van der Waals surface area contributed by atoms with Crippen LogP contribution in [0.3, 0.4) is 0 Å². The Morgan fingerprint density at radius 3 is 2.82 bits per heavy atom. The number of fused-ring (bicyclic) bond motifs is 1. The van der Waals surface area contributed by atoms with Gasteiger partial charge < -0.3 is 4.57 Å². The lowest BCUT2D eigenvalue weighted by atomic mass is 9.86. The molecule has 3 nitrogen and oxygen atoms in total. The molecule has 2 aromatic rings. The van der Waals surface area contributed by atoms with Crippen molar-refractivity contribution < 1.29 is 0 Å². The molecular weight excluding hydrogens is 294 g/mol. The molecule has 2 aliphatic carbocycles. The van der Waals surface area contributed by atoms with E-state index in [4.69, 9.17) is 11.6 Å². The topological polar surface area (TPSA) is 21.1 Å². The van der Waals surface area contributed by atoms with Crippen molar-refractivity contribution in [3.63, 3.8) is 0 Å². The molecule has 0 spiro atoms. The number of benzene rings is 1. The van der Waals surface area contributed by atoms with Gasteiger partial charge in [0.25, 0.3) is 0 Å². The van der Waals surface area contributed by atoms with Crippen LogP contribution in [0.5, 0.6) is 0 Å². The fourth-order valence-corrected chi connectivity index (χ4v) is 3.85. The van der Waals surface area contributed by atoms with Gasteiger partial charge in [0.2, 0.25) is 0 Å². The molecule has 0 amide bonds. The Morgan fingerprint density at radius 1 is 1.27 bits per heavy atom. The lowest BCUT2D eigenvalue weighted by Crippen LogP contribution is -2.33. The molecule has 1 aromatic heterocycles. The first kappa shape index (κ1) is 14.3. The monoisotopic (exact) mass is 315 g/mol. The van der Waals surface area contributed by atoms with Crippen LogP contribution in [0.15, 0.2) is 30.5 Å². The summed E-state index contributed by atoms with van der Waals surface area (Å²) < 4.78 is 2.01. The zero-order valence-electron chi connectivity index (χ0n) is 13.0. The first-order valence-electron chi connectivity index (χ1n) is 8.23. The molecule has 0 N–H and O–H groups in total. The van der Waals surface area contributed by atoms with Gasteiger partial charge in [0.15, 0.2) is 0 Å². The van der Waals surface area contributed by atoms with E-state index < -0.39 is 0 Å². The molecule has 1 aromatic carbocycles. The van der Waals surface area contributed by atoms with Crippen molar-refractivity contribution >= 4 is 11.6 Å². The minimum atomic E-state index is 0.535. The van der Waals surface area contributed by atoms with Crippen LogP contribution in [0.25, 0.3) is 0 Å². The molecule has 0 aliphatic heterocycles. The first-order chi connectivity index (χ1) is 10.7. The van der Waals surface area contributed by atoms with E-state index in [9.17, 15) is 0 Å². The maximum atomic E-state index is 6.16. The van der Waals surface area contributed by atoms with Gasteiger partial charge in [-0.2, -0.15) is 0 Å². The van der Waals surface area contributed by atoms with Crippen molar-refractivity contribution in [3.8, 4) is 0 Å². The molecule has 1 saturated carbocycles. The van der Waals surface area contributed by atoms with Crippen LogP contribution < -0.4 is 0 Å². The Morgan fingerprint density at radius 2 is 2.09 bits per heavy atom. The highest BCUT2D eigenvalue weighted by atomic mass is 35.5. The molecule has 1 heterocycles. The molecule has 0 saturated heterocycles. The quantitative estimate of drug-likeness (QED) is 0.846. The first-order valence-corrected chi connectivity index (χ1v) is 8.61. The van der Waals surface area contributed by atoms with Gasteiger partial charge in [-0.1, -0.05) is 35.9 Å². The van der Waals surface area contributed by atoms with Crippen molar-refractivity contribution in [3.05, 3.63) is 52.6 Å². The van der Waals surface area contributed by atoms with Crippen LogP contribution in [0.1, 0.15) is 48.7 Å². The summed E-state index contributed by atoms with van der Waals surface area (Å²) in [5, 5.41) is 0.717. The van der Waals surface area contributed by atoms with Gasteiger partial charge in [0.05, 0.1) is 12.7 Å². The average Bonchev–Trinajstić information content (AvgIpc) is 3.34. The second kappa shape index (κ2) is 5.71. The second-order valence-electron chi connectivity index (χ2n) is 6.57. The van der Waals surface area contributed by atoms with E-state index >= 15 is 0 Å². The van der Waals surface area contributed by atoms with E-state index in [-0.39, 0.29) is 0 Å². The molecule has 0 radical (unpaired) electrons. The number of imidazole rings is 1. The summed E-state index contributed by atoms with van der Waals surface area (Å²) in [5.74, 6) is 1.07. The predicted octanol–water partition coefficient (Wildman–Crippen LogP) is 4.12. The third-order valence-electron chi connectivity index (χ3n) is 5.11. The Bertz CT molecular complexity index is 675. The highest BCUT2D eigenvalue weighted by molar-refractivity contribution is 6.29. The molecule has 22 heavy (non-hydrogen) atoms. The highest BCUT2D eigenvalue weighted by Gasteiger charge is 2.36. The Labute approximate surface area is 136 Å². The average molecular weight is 316 g/mol. The molecule has 4 heteroatoms. The SMILES string of the molecule is Cn1c(Cl)cnc1CN(C1CC1)[C@@H]1CCCc2ccccc21. The number of hydrogen-bond acceptors (Lipinski definition) is 2. The van der Waals surface area contributed by atoms with E-state index in [2.05, 4.69) is 34.1 Å². The second-order valence-corrected chi connectivity index (χ2v) is 6.95. The highest BCUT2D eigenvalue weighted by Crippen LogP contribution is 2.41. The number of hydrogen-bond donors (Lipinski definition) is 0. The van der Waals surface area contributed by atoms with Crippen LogP contribution in [-0.4, -0.2) is 20.5 Å². The van der Waals surface area contributed by atoms with E-state index in [1.807, 2.05) is 11.6 Å². The van der Waals surface area contributed by atoms with Crippen LogP contribution in [0.2, 0.25) is 5.15 Å².